The number of hydrogen-bond acceptors (Lipinski definition) is 2. The minimum Gasteiger partial charge on any atom is -0.314 e. The standard InChI is InChI=1S/C13H21BrN2/c1-3-13(16-4-2)7-5-6-11-8-12(14)10-15-9-11/h8-10,13,16H,3-7H2,1-2H3. The fourth-order valence-corrected chi connectivity index (χ4v) is 2.30. The average molecular weight is 285 g/mol. The van der Waals surface area contributed by atoms with Gasteiger partial charge < -0.3 is 5.32 Å². The predicted molar refractivity (Wildman–Crippen MR) is 72.6 cm³/mol. The van der Waals surface area contributed by atoms with Crippen molar-refractivity contribution in [2.24, 2.45) is 0 Å². The average Bonchev–Trinajstić information content (AvgIpc) is 2.28. The van der Waals surface area contributed by atoms with Crippen LogP contribution in [0, 0.1) is 0 Å². The highest BCUT2D eigenvalue weighted by Gasteiger charge is 2.04. The van der Waals surface area contributed by atoms with E-state index in [9.17, 15) is 0 Å². The maximum atomic E-state index is 4.18. The van der Waals surface area contributed by atoms with E-state index in [0.29, 0.717) is 6.04 Å². The van der Waals surface area contributed by atoms with Crippen molar-refractivity contribution in [3.63, 3.8) is 0 Å². The van der Waals surface area contributed by atoms with E-state index in [1.807, 2.05) is 12.4 Å². The van der Waals surface area contributed by atoms with Gasteiger partial charge in [-0.2, -0.15) is 0 Å². The Hall–Kier alpha value is -0.410. The lowest BCUT2D eigenvalue weighted by molar-refractivity contribution is 0.467. The molecule has 2 nitrogen and oxygen atoms in total. The molecule has 1 aromatic heterocycles. The second-order valence-electron chi connectivity index (χ2n) is 4.07. The van der Waals surface area contributed by atoms with Crippen molar-refractivity contribution in [1.29, 1.82) is 0 Å². The van der Waals surface area contributed by atoms with E-state index >= 15 is 0 Å². The Morgan fingerprint density at radius 3 is 2.81 bits per heavy atom. The van der Waals surface area contributed by atoms with Gasteiger partial charge in [-0.25, -0.2) is 0 Å². The monoisotopic (exact) mass is 284 g/mol. The van der Waals surface area contributed by atoms with Crippen LogP contribution in [0.2, 0.25) is 0 Å². The summed E-state index contributed by atoms with van der Waals surface area (Å²) in [5.41, 5.74) is 1.32. The number of nitrogens with zero attached hydrogens (tertiary/aromatic N) is 1. The van der Waals surface area contributed by atoms with Crippen molar-refractivity contribution in [1.82, 2.24) is 10.3 Å². The molecule has 0 radical (unpaired) electrons. The summed E-state index contributed by atoms with van der Waals surface area (Å²) in [6.45, 7) is 5.48. The molecule has 3 heteroatoms. The Morgan fingerprint density at radius 2 is 2.19 bits per heavy atom. The zero-order chi connectivity index (χ0) is 11.8. The lowest BCUT2D eigenvalue weighted by Gasteiger charge is -2.15. The molecule has 0 fully saturated rings. The lowest BCUT2D eigenvalue weighted by atomic mass is 10.0. The summed E-state index contributed by atoms with van der Waals surface area (Å²) in [6, 6.07) is 2.83. The van der Waals surface area contributed by atoms with Crippen LogP contribution < -0.4 is 5.32 Å². The van der Waals surface area contributed by atoms with Crippen LogP contribution in [0.4, 0.5) is 0 Å². The van der Waals surface area contributed by atoms with Gasteiger partial charge in [-0.05, 0) is 59.8 Å². The van der Waals surface area contributed by atoms with E-state index in [4.69, 9.17) is 0 Å². The smallest absolute Gasteiger partial charge is 0.0410 e. The number of halogens is 1. The summed E-state index contributed by atoms with van der Waals surface area (Å²) < 4.78 is 1.07. The van der Waals surface area contributed by atoms with Crippen LogP contribution in [0.5, 0.6) is 0 Å². The molecule has 1 rings (SSSR count). The van der Waals surface area contributed by atoms with Crippen LogP contribution >= 0.6 is 15.9 Å². The Morgan fingerprint density at radius 1 is 1.38 bits per heavy atom. The highest BCUT2D eigenvalue weighted by Crippen LogP contribution is 2.12. The van der Waals surface area contributed by atoms with Gasteiger partial charge in [-0.15, -0.1) is 0 Å². The van der Waals surface area contributed by atoms with Gasteiger partial charge in [0.05, 0.1) is 0 Å². The number of nitrogens with one attached hydrogen (secondary N) is 1. The third-order valence-electron chi connectivity index (χ3n) is 2.77. The molecule has 1 N–H and O–H groups in total. The fourth-order valence-electron chi connectivity index (χ4n) is 1.88. The lowest BCUT2D eigenvalue weighted by Crippen LogP contribution is -2.28. The molecule has 1 aromatic rings. The zero-order valence-corrected chi connectivity index (χ0v) is 11.8. The van der Waals surface area contributed by atoms with Crippen LogP contribution in [0.3, 0.4) is 0 Å². The van der Waals surface area contributed by atoms with E-state index in [1.54, 1.807) is 0 Å². The van der Waals surface area contributed by atoms with Gasteiger partial charge in [0.15, 0.2) is 0 Å². The Balaban J connectivity index is 2.29. The second kappa shape index (κ2) is 7.80. The number of pyridine rings is 1. The first-order chi connectivity index (χ1) is 7.76. The Labute approximate surface area is 107 Å². The first kappa shape index (κ1) is 13.7. The largest absolute Gasteiger partial charge is 0.314 e. The maximum Gasteiger partial charge on any atom is 0.0410 e. The minimum absolute atomic E-state index is 0.671. The van der Waals surface area contributed by atoms with Crippen LogP contribution in [-0.4, -0.2) is 17.6 Å². The van der Waals surface area contributed by atoms with Crippen LogP contribution in [0.1, 0.15) is 38.7 Å². The third-order valence-corrected chi connectivity index (χ3v) is 3.20. The van der Waals surface area contributed by atoms with Gasteiger partial charge in [0, 0.05) is 22.9 Å². The van der Waals surface area contributed by atoms with Gasteiger partial charge >= 0.3 is 0 Å². The maximum absolute atomic E-state index is 4.18. The van der Waals surface area contributed by atoms with Crippen molar-refractivity contribution in [2.45, 2.75) is 45.6 Å². The van der Waals surface area contributed by atoms with Crippen LogP contribution in [-0.2, 0) is 6.42 Å². The van der Waals surface area contributed by atoms with Crippen molar-refractivity contribution >= 4 is 15.9 Å². The zero-order valence-electron chi connectivity index (χ0n) is 10.2. The molecule has 0 aliphatic heterocycles. The number of rotatable bonds is 7. The van der Waals surface area contributed by atoms with Gasteiger partial charge in [0.1, 0.15) is 0 Å². The molecule has 0 spiro atoms. The van der Waals surface area contributed by atoms with E-state index < -0.39 is 0 Å². The first-order valence-corrected chi connectivity index (χ1v) is 6.88. The summed E-state index contributed by atoms with van der Waals surface area (Å²) in [4.78, 5) is 4.18. The number of aryl methyl sites for hydroxylation is 1. The SMILES string of the molecule is CCNC(CC)CCCc1cncc(Br)c1. The molecular formula is C13H21BrN2. The number of aromatic nitrogens is 1. The fraction of sp³-hybridized carbons (Fsp3) is 0.615. The van der Waals surface area contributed by atoms with Gasteiger partial charge in [-0.3, -0.25) is 4.98 Å². The molecule has 1 unspecified atom stereocenters. The Kier molecular flexibility index (Phi) is 6.65. The first-order valence-electron chi connectivity index (χ1n) is 6.09. The molecule has 90 valence electrons. The van der Waals surface area contributed by atoms with Gasteiger partial charge in [0.25, 0.3) is 0 Å². The summed E-state index contributed by atoms with van der Waals surface area (Å²) in [6.07, 6.45) is 8.59. The molecule has 0 saturated heterocycles. The summed E-state index contributed by atoms with van der Waals surface area (Å²) in [5, 5.41) is 3.51. The van der Waals surface area contributed by atoms with Crippen LogP contribution in [0.15, 0.2) is 22.9 Å². The summed E-state index contributed by atoms with van der Waals surface area (Å²) in [5.74, 6) is 0. The normalized spacial score (nSPS) is 12.7. The molecule has 16 heavy (non-hydrogen) atoms. The number of hydrogen-bond donors (Lipinski definition) is 1. The Bertz CT molecular complexity index is 302. The van der Waals surface area contributed by atoms with Crippen LogP contribution in [0.25, 0.3) is 0 Å². The van der Waals surface area contributed by atoms with E-state index in [0.717, 1.165) is 17.4 Å². The molecule has 0 amide bonds. The molecular weight excluding hydrogens is 264 g/mol. The van der Waals surface area contributed by atoms with Gasteiger partial charge in [-0.1, -0.05) is 13.8 Å². The quantitative estimate of drug-likeness (QED) is 0.828. The van der Waals surface area contributed by atoms with E-state index in [2.05, 4.69) is 46.1 Å². The minimum atomic E-state index is 0.671. The predicted octanol–water partition coefficient (Wildman–Crippen LogP) is 3.55. The highest BCUT2D eigenvalue weighted by atomic mass is 79.9. The van der Waals surface area contributed by atoms with Gasteiger partial charge in [0.2, 0.25) is 0 Å². The molecule has 0 aromatic carbocycles. The van der Waals surface area contributed by atoms with Crippen molar-refractivity contribution < 1.29 is 0 Å². The highest BCUT2D eigenvalue weighted by molar-refractivity contribution is 9.10. The molecule has 0 bridgehead atoms. The molecule has 0 aliphatic rings. The topological polar surface area (TPSA) is 24.9 Å². The van der Waals surface area contributed by atoms with E-state index in [1.165, 1.54) is 24.8 Å². The third kappa shape index (κ3) is 5.08. The molecule has 0 aliphatic carbocycles. The molecule has 1 heterocycles. The summed E-state index contributed by atoms with van der Waals surface area (Å²) in [7, 11) is 0. The van der Waals surface area contributed by atoms with E-state index in [-0.39, 0.29) is 0 Å². The molecule has 1 atom stereocenters. The van der Waals surface area contributed by atoms with Crippen molar-refractivity contribution in [3.05, 3.63) is 28.5 Å². The summed E-state index contributed by atoms with van der Waals surface area (Å²) >= 11 is 3.45. The molecule has 0 saturated carbocycles. The second-order valence-corrected chi connectivity index (χ2v) is 4.98. The van der Waals surface area contributed by atoms with Crippen molar-refractivity contribution in [2.75, 3.05) is 6.54 Å². The van der Waals surface area contributed by atoms with Crippen molar-refractivity contribution in [3.8, 4) is 0 Å².